The van der Waals surface area contributed by atoms with E-state index >= 15 is 0 Å². The molecule has 0 saturated carbocycles. The van der Waals surface area contributed by atoms with Crippen molar-refractivity contribution in [1.82, 2.24) is 5.32 Å². The van der Waals surface area contributed by atoms with Gasteiger partial charge < -0.3 is 5.32 Å². The highest BCUT2D eigenvalue weighted by Crippen LogP contribution is 2.33. The summed E-state index contributed by atoms with van der Waals surface area (Å²) in [4.78, 5) is 0. The lowest BCUT2D eigenvalue weighted by Crippen LogP contribution is -2.24. The molecule has 0 aliphatic rings. The van der Waals surface area contributed by atoms with Crippen molar-refractivity contribution in [3.63, 3.8) is 0 Å². The Bertz CT molecular complexity index is 594. The van der Waals surface area contributed by atoms with Crippen LogP contribution in [0, 0.1) is 19.7 Å². The van der Waals surface area contributed by atoms with Crippen LogP contribution in [0.3, 0.4) is 0 Å². The Morgan fingerprint density at radius 1 is 1.20 bits per heavy atom. The van der Waals surface area contributed by atoms with Gasteiger partial charge in [0.05, 0.1) is 6.04 Å². The summed E-state index contributed by atoms with van der Waals surface area (Å²) in [5, 5.41) is 8.26. The summed E-state index contributed by atoms with van der Waals surface area (Å²) in [6.45, 7) is 6.89. The zero-order chi connectivity index (χ0) is 14.7. The van der Waals surface area contributed by atoms with Crippen LogP contribution in [-0.4, -0.2) is 6.54 Å². The number of hydrogen-bond donors (Lipinski definition) is 1. The molecule has 1 N–H and O–H groups in total. The largest absolute Gasteiger partial charge is 0.306 e. The molecule has 0 bridgehead atoms. The lowest BCUT2D eigenvalue weighted by Gasteiger charge is -2.21. The van der Waals surface area contributed by atoms with E-state index < -0.39 is 0 Å². The van der Waals surface area contributed by atoms with Crippen molar-refractivity contribution in [2.75, 3.05) is 6.54 Å². The second kappa shape index (κ2) is 6.70. The van der Waals surface area contributed by atoms with Gasteiger partial charge in [0.2, 0.25) is 0 Å². The maximum Gasteiger partial charge on any atom is 0.127 e. The Morgan fingerprint density at radius 3 is 2.55 bits per heavy atom. The van der Waals surface area contributed by atoms with E-state index in [2.05, 4.69) is 29.9 Å². The topological polar surface area (TPSA) is 12.0 Å². The predicted octanol–water partition coefficient (Wildman–Crippen LogP) is 5.25. The van der Waals surface area contributed by atoms with Crippen molar-refractivity contribution < 1.29 is 4.39 Å². The van der Waals surface area contributed by atoms with Crippen LogP contribution in [0.2, 0.25) is 5.02 Å². The second-order valence-corrected chi connectivity index (χ2v) is 6.17. The van der Waals surface area contributed by atoms with Crippen LogP contribution >= 0.6 is 22.9 Å². The number of thiophene rings is 1. The van der Waals surface area contributed by atoms with E-state index in [1.807, 2.05) is 6.07 Å². The maximum atomic E-state index is 13.6. The van der Waals surface area contributed by atoms with Gasteiger partial charge in [-0.25, -0.2) is 4.39 Å². The van der Waals surface area contributed by atoms with Crippen LogP contribution in [0.25, 0.3) is 0 Å². The maximum absolute atomic E-state index is 13.6. The van der Waals surface area contributed by atoms with Gasteiger partial charge in [-0.1, -0.05) is 18.5 Å². The first-order chi connectivity index (χ1) is 9.54. The van der Waals surface area contributed by atoms with E-state index in [-0.39, 0.29) is 11.9 Å². The molecule has 108 valence electrons. The smallest absolute Gasteiger partial charge is 0.127 e. The molecule has 1 unspecified atom stereocenters. The van der Waals surface area contributed by atoms with Gasteiger partial charge in [-0.2, -0.15) is 11.3 Å². The molecule has 0 saturated heterocycles. The third kappa shape index (κ3) is 3.22. The fourth-order valence-corrected chi connectivity index (χ4v) is 3.38. The van der Waals surface area contributed by atoms with Gasteiger partial charge in [-0.15, -0.1) is 0 Å². The number of hydrogen-bond acceptors (Lipinski definition) is 2. The van der Waals surface area contributed by atoms with Crippen molar-refractivity contribution in [2.45, 2.75) is 33.2 Å². The molecule has 2 aromatic rings. The molecule has 0 aliphatic heterocycles. The van der Waals surface area contributed by atoms with Gasteiger partial charge >= 0.3 is 0 Å². The lowest BCUT2D eigenvalue weighted by molar-refractivity contribution is 0.590. The summed E-state index contributed by atoms with van der Waals surface area (Å²) < 4.78 is 13.6. The van der Waals surface area contributed by atoms with Crippen LogP contribution < -0.4 is 5.32 Å². The lowest BCUT2D eigenvalue weighted by atomic mass is 9.96. The van der Waals surface area contributed by atoms with Crippen molar-refractivity contribution in [1.29, 1.82) is 0 Å². The predicted molar refractivity (Wildman–Crippen MR) is 85.3 cm³/mol. The first kappa shape index (κ1) is 15.5. The van der Waals surface area contributed by atoms with E-state index in [1.165, 1.54) is 17.2 Å². The van der Waals surface area contributed by atoms with Gasteiger partial charge in [0.1, 0.15) is 5.82 Å². The highest BCUT2D eigenvalue weighted by atomic mass is 35.5. The normalized spacial score (nSPS) is 12.7. The van der Waals surface area contributed by atoms with Crippen molar-refractivity contribution >= 4 is 22.9 Å². The average Bonchev–Trinajstić information content (AvgIpc) is 2.82. The van der Waals surface area contributed by atoms with Crippen LogP contribution in [0.15, 0.2) is 22.9 Å². The molecule has 0 radical (unpaired) electrons. The van der Waals surface area contributed by atoms with E-state index in [1.54, 1.807) is 18.3 Å². The first-order valence-corrected chi connectivity index (χ1v) is 8.08. The van der Waals surface area contributed by atoms with Crippen molar-refractivity contribution in [3.05, 3.63) is 56.0 Å². The Morgan fingerprint density at radius 2 is 1.95 bits per heavy atom. The third-order valence-corrected chi connectivity index (χ3v) is 4.60. The quantitative estimate of drug-likeness (QED) is 0.795. The minimum atomic E-state index is -0.255. The van der Waals surface area contributed by atoms with Crippen LogP contribution in [0.1, 0.15) is 41.6 Å². The molecule has 1 atom stereocenters. The van der Waals surface area contributed by atoms with Crippen LogP contribution in [0.5, 0.6) is 0 Å². The molecule has 1 aromatic carbocycles. The molecular formula is C16H19ClFNS. The molecule has 0 spiro atoms. The number of nitrogens with one attached hydrogen (secondary N) is 1. The Kier molecular flexibility index (Phi) is 5.19. The van der Waals surface area contributed by atoms with Crippen LogP contribution in [0.4, 0.5) is 4.39 Å². The molecular weight excluding hydrogens is 293 g/mol. The van der Waals surface area contributed by atoms with E-state index in [4.69, 9.17) is 11.6 Å². The number of aryl methyl sites for hydroxylation is 2. The molecule has 1 aromatic heterocycles. The fraction of sp³-hybridized carbons (Fsp3) is 0.375. The summed E-state index contributed by atoms with van der Waals surface area (Å²) in [6.07, 6.45) is 1.04. The summed E-state index contributed by atoms with van der Waals surface area (Å²) in [5.74, 6) is -0.255. The minimum Gasteiger partial charge on any atom is -0.306 e. The SMILES string of the molecule is CCCNC(c1cscc1C)c1cc(C)c(F)cc1Cl. The van der Waals surface area contributed by atoms with E-state index in [9.17, 15) is 4.39 Å². The Balaban J connectivity index is 2.46. The minimum absolute atomic E-state index is 0.0213. The van der Waals surface area contributed by atoms with Gasteiger partial charge in [0.15, 0.2) is 0 Å². The van der Waals surface area contributed by atoms with Gasteiger partial charge in [0, 0.05) is 5.02 Å². The third-order valence-electron chi connectivity index (χ3n) is 3.39. The Labute approximate surface area is 128 Å². The fourth-order valence-electron chi connectivity index (χ4n) is 2.24. The monoisotopic (exact) mass is 311 g/mol. The highest BCUT2D eigenvalue weighted by molar-refractivity contribution is 7.08. The summed E-state index contributed by atoms with van der Waals surface area (Å²) >= 11 is 7.95. The summed E-state index contributed by atoms with van der Waals surface area (Å²) in [5.41, 5.74) is 4.03. The molecule has 2 rings (SSSR count). The summed E-state index contributed by atoms with van der Waals surface area (Å²) in [6, 6.07) is 3.28. The van der Waals surface area contributed by atoms with Gasteiger partial charge in [-0.3, -0.25) is 0 Å². The zero-order valence-corrected chi connectivity index (χ0v) is 13.5. The molecule has 4 heteroatoms. The molecule has 0 amide bonds. The summed E-state index contributed by atoms with van der Waals surface area (Å²) in [7, 11) is 0. The molecule has 20 heavy (non-hydrogen) atoms. The Hall–Kier alpha value is -0.900. The van der Waals surface area contributed by atoms with Crippen molar-refractivity contribution in [2.24, 2.45) is 0 Å². The molecule has 0 aliphatic carbocycles. The zero-order valence-electron chi connectivity index (χ0n) is 12.0. The van der Waals surface area contributed by atoms with Crippen molar-refractivity contribution in [3.8, 4) is 0 Å². The average molecular weight is 312 g/mol. The molecule has 0 fully saturated rings. The van der Waals surface area contributed by atoms with Crippen LogP contribution in [-0.2, 0) is 0 Å². The molecule has 1 nitrogen and oxygen atoms in total. The van der Waals surface area contributed by atoms with Gasteiger partial charge in [0.25, 0.3) is 0 Å². The number of rotatable bonds is 5. The standard InChI is InChI=1S/C16H19ClFNS/c1-4-5-19-16(13-9-20-8-11(13)3)12-6-10(2)15(18)7-14(12)17/h6-9,16,19H,4-5H2,1-3H3. The van der Waals surface area contributed by atoms with Gasteiger partial charge in [-0.05, 0) is 72.0 Å². The number of benzene rings is 1. The van der Waals surface area contributed by atoms with E-state index in [0.717, 1.165) is 18.5 Å². The number of halogens is 2. The second-order valence-electron chi connectivity index (χ2n) is 5.02. The molecule has 1 heterocycles. The van der Waals surface area contributed by atoms with E-state index in [0.29, 0.717) is 10.6 Å². The first-order valence-electron chi connectivity index (χ1n) is 6.76. The highest BCUT2D eigenvalue weighted by Gasteiger charge is 2.20.